The summed E-state index contributed by atoms with van der Waals surface area (Å²) >= 11 is 0. The molecule has 17 atom stereocenters. The van der Waals surface area contributed by atoms with Crippen LogP contribution in [0.25, 0.3) is 0 Å². The van der Waals surface area contributed by atoms with E-state index in [1.165, 1.54) is 24.1 Å². The highest BCUT2D eigenvalue weighted by Crippen LogP contribution is 2.52. The Morgan fingerprint density at radius 2 is 1.66 bits per heavy atom. The second kappa shape index (κ2) is 27.3. The number of hydrogen-bond donors (Lipinski definition) is 9. The Labute approximate surface area is 465 Å². The number of nitrogens with one attached hydrogen (secondary N) is 5. The predicted molar refractivity (Wildman–Crippen MR) is 297 cm³/mol. The first-order chi connectivity index (χ1) is 37.3. The van der Waals surface area contributed by atoms with Gasteiger partial charge in [0.1, 0.15) is 34.9 Å². The van der Waals surface area contributed by atoms with Crippen molar-refractivity contribution < 1.29 is 58.7 Å². The summed E-state index contributed by atoms with van der Waals surface area (Å²) in [5, 5.41) is 55.9. The van der Waals surface area contributed by atoms with E-state index in [0.717, 1.165) is 6.42 Å². The number of cyclic esters (lactones) is 1. The Morgan fingerprint density at radius 3 is 2.34 bits per heavy atom. The molecular formula is C60H88N6O13. The van der Waals surface area contributed by atoms with E-state index in [1.54, 1.807) is 70.2 Å². The van der Waals surface area contributed by atoms with Crippen molar-refractivity contribution in [3.8, 4) is 0 Å². The van der Waals surface area contributed by atoms with E-state index in [-0.39, 0.29) is 79.3 Å². The number of ketones is 1. The number of Topliss-reactive ketones (excluding diaryl/α,β-unsaturated/α-hetero) is 1. The van der Waals surface area contributed by atoms with Crippen LogP contribution in [0.3, 0.4) is 0 Å². The van der Waals surface area contributed by atoms with Gasteiger partial charge in [-0.3, -0.25) is 29.0 Å². The number of aromatic nitrogens is 1. The molecule has 436 valence electrons. The number of fused-ring (bicyclic) bond motifs is 2. The summed E-state index contributed by atoms with van der Waals surface area (Å²) in [6.07, 6.45) is 12.2. The van der Waals surface area contributed by atoms with Crippen molar-refractivity contribution in [1.29, 1.82) is 0 Å². The number of nitrogens with zero attached hydrogens (tertiary/aromatic N) is 1. The maximum absolute atomic E-state index is 14.8. The Kier molecular flexibility index (Phi) is 21.6. The molecule has 4 fully saturated rings. The molecule has 1 aromatic rings. The van der Waals surface area contributed by atoms with Crippen LogP contribution in [0.15, 0.2) is 82.9 Å². The van der Waals surface area contributed by atoms with E-state index in [4.69, 9.17) is 9.47 Å². The zero-order valence-electron chi connectivity index (χ0n) is 47.8. The van der Waals surface area contributed by atoms with Crippen LogP contribution in [0.1, 0.15) is 145 Å². The second-order valence-electron chi connectivity index (χ2n) is 23.6. The number of ether oxygens (including phenoxy) is 2. The van der Waals surface area contributed by atoms with E-state index < -0.39 is 107 Å². The smallest absolute Gasteiger partial charge is 0.330 e. The standard InChI is InChI=1S/C60H88N6O13/c1-11-41-30-36(6)60(64-54(41)73)40(10)52(71)39(9)49(79-60)31-47(69)34(4)20-14-12-15-21-35(5)48-25-17-13-16-24-46(68)38(8)53(72)42(28-27-37(7)67)55(74)62-51(33(2)3)56(75)63-59(32-43(59)44-22-18-26-50(70)61-44)58(77)66-29-19-23-45(65-66)57(76)78-48/h12-13,15-18,21-22,24-26,33-34,36,38-43,45-47,49,51-53,65,68-69,71-72H,11,14,19-20,23,27-32H2,1-10H3,(H,61,70)(H,62,74)(H,63,75)(H,64,73)/b15-12+,17-13+,24-16+,35-21+,48-25-/t34-,36-,38-,39-,40-,41-,42+,43?,45?,46-,47-,49-,51-,52-,53+,59?,60+/m0/s1. The average Bonchev–Trinajstić information content (AvgIpc) is 4.37. The van der Waals surface area contributed by atoms with Crippen molar-refractivity contribution in [1.82, 2.24) is 31.4 Å². The maximum Gasteiger partial charge on any atom is 0.330 e. The van der Waals surface area contributed by atoms with Crippen LogP contribution in [0.5, 0.6) is 0 Å². The third-order valence-corrected chi connectivity index (χ3v) is 17.4. The number of carbonyl (C=O) groups is 6. The quantitative estimate of drug-likeness (QED) is 0.0892. The molecule has 5 aliphatic rings. The van der Waals surface area contributed by atoms with Gasteiger partial charge in [-0.25, -0.2) is 10.2 Å². The Bertz CT molecular complexity index is 2570. The molecule has 2 spiro atoms. The highest BCUT2D eigenvalue weighted by atomic mass is 16.5. The number of esters is 1. The number of piperidine rings is 1. The fourth-order valence-corrected chi connectivity index (χ4v) is 11.8. The molecule has 0 aromatic carbocycles. The van der Waals surface area contributed by atoms with Gasteiger partial charge in [0.15, 0.2) is 0 Å². The predicted octanol–water partition coefficient (Wildman–Crippen LogP) is 4.83. The second-order valence-corrected chi connectivity index (χ2v) is 23.6. The zero-order chi connectivity index (χ0) is 58.1. The minimum atomic E-state index is -1.61. The van der Waals surface area contributed by atoms with Crippen molar-refractivity contribution >= 4 is 35.4 Å². The Hall–Kier alpha value is -5.57. The number of rotatable bonds is 14. The molecule has 79 heavy (non-hydrogen) atoms. The monoisotopic (exact) mass is 1100 g/mol. The summed E-state index contributed by atoms with van der Waals surface area (Å²) in [6.45, 7) is 18.1. The third kappa shape index (κ3) is 14.9. The van der Waals surface area contributed by atoms with E-state index in [2.05, 4.69) is 33.3 Å². The molecule has 2 bridgehead atoms. The number of amides is 4. The van der Waals surface area contributed by atoms with Gasteiger partial charge in [0.2, 0.25) is 23.3 Å². The zero-order valence-corrected chi connectivity index (χ0v) is 47.8. The van der Waals surface area contributed by atoms with Gasteiger partial charge >= 0.3 is 5.97 Å². The van der Waals surface area contributed by atoms with Gasteiger partial charge in [-0.1, -0.05) is 104 Å². The molecule has 4 amide bonds. The summed E-state index contributed by atoms with van der Waals surface area (Å²) in [6, 6.07) is 2.32. The summed E-state index contributed by atoms with van der Waals surface area (Å²) in [5.41, 5.74) is 0.982. The van der Waals surface area contributed by atoms with Gasteiger partial charge in [-0.15, -0.1) is 0 Å². The molecular weight excluding hydrogens is 1010 g/mol. The molecule has 1 aliphatic carbocycles. The lowest BCUT2D eigenvalue weighted by Gasteiger charge is -2.56. The minimum absolute atomic E-state index is 0.0315. The lowest BCUT2D eigenvalue weighted by atomic mass is 9.69. The summed E-state index contributed by atoms with van der Waals surface area (Å²) in [7, 11) is 0. The van der Waals surface area contributed by atoms with Crippen molar-refractivity contribution in [2.45, 2.75) is 193 Å². The highest BCUT2D eigenvalue weighted by molar-refractivity contribution is 5.98. The molecule has 19 nitrogen and oxygen atoms in total. The number of pyridine rings is 1. The summed E-state index contributed by atoms with van der Waals surface area (Å²) in [5.74, 6) is -6.99. The normalized spacial score (nSPS) is 36.7. The summed E-state index contributed by atoms with van der Waals surface area (Å²) in [4.78, 5) is 98.1. The molecule has 9 N–H and O–H groups in total. The number of aliphatic hydroxyl groups excluding tert-OH is 4. The number of carbonyl (C=O) groups excluding carboxylic acids is 6. The van der Waals surface area contributed by atoms with Gasteiger partial charge in [0, 0.05) is 66.7 Å². The van der Waals surface area contributed by atoms with Gasteiger partial charge in [-0.2, -0.15) is 0 Å². The first kappa shape index (κ1) is 62.6. The highest BCUT2D eigenvalue weighted by Gasteiger charge is 2.64. The molecule has 1 aromatic heterocycles. The van der Waals surface area contributed by atoms with Crippen molar-refractivity contribution in [2.75, 3.05) is 6.54 Å². The van der Waals surface area contributed by atoms with E-state index in [0.29, 0.717) is 43.4 Å². The third-order valence-electron chi connectivity index (χ3n) is 17.4. The van der Waals surface area contributed by atoms with Crippen LogP contribution >= 0.6 is 0 Å². The summed E-state index contributed by atoms with van der Waals surface area (Å²) < 4.78 is 12.8. The lowest BCUT2D eigenvalue weighted by molar-refractivity contribution is -0.267. The number of allylic oxidation sites excluding steroid dienone is 8. The topological polar surface area (TPSA) is 286 Å². The first-order valence-electron chi connectivity index (χ1n) is 28.6. The van der Waals surface area contributed by atoms with Crippen molar-refractivity contribution in [3.05, 3.63) is 94.2 Å². The van der Waals surface area contributed by atoms with Crippen LogP contribution in [-0.2, 0) is 38.2 Å². The number of hydrogen-bond acceptors (Lipinski definition) is 14. The van der Waals surface area contributed by atoms with Crippen LogP contribution in [0.4, 0.5) is 0 Å². The van der Waals surface area contributed by atoms with Gasteiger partial charge < -0.3 is 55.6 Å². The average molecular weight is 1100 g/mol. The van der Waals surface area contributed by atoms with Crippen molar-refractivity contribution in [3.63, 3.8) is 0 Å². The van der Waals surface area contributed by atoms with E-state index in [1.807, 2.05) is 39.8 Å². The SMILES string of the molecule is CC[C@H]1C[C@H](C)[C@@]2(NC1=O)O[C@@H](C[C@H](O)[C@@H](C)CC/C=C/C=C(C)/C1=C/C=C/C=C/[C@H](O)[C@H](C)[C@@H](O)[C@@H](CCC(C)=O)C(=O)N[C@@H](C(C)C)C(=O)NC3(CC3c3cccc(=O)[nH]3)C(=O)N3CCCC(N3)C(=O)O1)[C@H](C)[C@H](O)[C@@H]2C. The lowest BCUT2D eigenvalue weighted by Crippen LogP contribution is -2.71. The molecule has 5 heterocycles. The fourth-order valence-electron chi connectivity index (χ4n) is 11.8. The minimum Gasteiger partial charge on any atom is -0.425 e. The van der Waals surface area contributed by atoms with Crippen molar-refractivity contribution in [2.24, 2.45) is 47.3 Å². The van der Waals surface area contributed by atoms with Crippen LogP contribution in [0, 0.1) is 47.3 Å². The largest absolute Gasteiger partial charge is 0.425 e. The fraction of sp³-hybridized carbons (Fsp3) is 0.650. The number of H-pyrrole nitrogens is 1. The van der Waals surface area contributed by atoms with E-state index >= 15 is 0 Å². The van der Waals surface area contributed by atoms with Crippen LogP contribution in [0.2, 0.25) is 0 Å². The van der Waals surface area contributed by atoms with Gasteiger partial charge in [0.25, 0.3) is 5.91 Å². The maximum atomic E-state index is 14.8. The van der Waals surface area contributed by atoms with Gasteiger partial charge in [-0.05, 0) is 94.8 Å². The number of hydrazine groups is 1. The molecule has 4 aliphatic heterocycles. The molecule has 3 saturated heterocycles. The number of aliphatic hydroxyl groups is 4. The van der Waals surface area contributed by atoms with E-state index in [9.17, 15) is 54.0 Å². The van der Waals surface area contributed by atoms with Crippen LogP contribution < -0.4 is 26.9 Å². The molecule has 0 radical (unpaired) electrons. The molecule has 1 saturated carbocycles. The van der Waals surface area contributed by atoms with Crippen LogP contribution in [-0.4, -0.2) is 126 Å². The molecule has 6 rings (SSSR count). The first-order valence-corrected chi connectivity index (χ1v) is 28.6. The number of aromatic amines is 1. The molecule has 3 unspecified atom stereocenters. The Morgan fingerprint density at radius 1 is 0.924 bits per heavy atom. The Balaban J connectivity index is 1.22. The van der Waals surface area contributed by atoms with Gasteiger partial charge in [0.05, 0.1) is 36.4 Å². The molecule has 19 heteroatoms.